The topological polar surface area (TPSA) is 75.5 Å². The van der Waals surface area contributed by atoms with Crippen LogP contribution >= 0.6 is 15.9 Å². The first-order valence-corrected chi connectivity index (χ1v) is 9.51. The third-order valence-corrected chi connectivity index (χ3v) is 4.68. The van der Waals surface area contributed by atoms with E-state index in [0.29, 0.717) is 30.6 Å². The minimum absolute atomic E-state index is 0.620. The summed E-state index contributed by atoms with van der Waals surface area (Å²) in [4.78, 5) is 15.9. The van der Waals surface area contributed by atoms with Gasteiger partial charge in [-0.05, 0) is 40.5 Å². The second-order valence-corrected chi connectivity index (χ2v) is 7.07. The average molecular weight is 427 g/mol. The van der Waals surface area contributed by atoms with E-state index in [4.69, 9.17) is 4.74 Å². The maximum absolute atomic E-state index is 5.42. The molecule has 0 saturated carbocycles. The van der Waals surface area contributed by atoms with Crippen LogP contribution in [0.4, 0.5) is 11.8 Å². The fraction of sp³-hybridized carbons (Fsp3) is 0.263. The number of hydrogen-bond donors (Lipinski definition) is 1. The third kappa shape index (κ3) is 4.23. The number of hydrazone groups is 1. The van der Waals surface area contributed by atoms with E-state index in [-0.39, 0.29) is 0 Å². The molecular formula is C19H19BrN6O. The molecule has 8 heteroatoms. The minimum Gasteiger partial charge on any atom is -0.378 e. The van der Waals surface area contributed by atoms with Gasteiger partial charge in [0.1, 0.15) is 4.60 Å². The second kappa shape index (κ2) is 7.98. The van der Waals surface area contributed by atoms with Crippen LogP contribution in [-0.4, -0.2) is 47.5 Å². The number of fused-ring (bicyclic) bond motifs is 1. The number of aryl methyl sites for hydroxylation is 1. The molecule has 1 fully saturated rings. The molecule has 1 aliphatic rings. The van der Waals surface area contributed by atoms with Crippen molar-refractivity contribution in [1.82, 2.24) is 15.0 Å². The number of anilines is 2. The molecule has 2 aromatic heterocycles. The predicted molar refractivity (Wildman–Crippen MR) is 110 cm³/mol. The van der Waals surface area contributed by atoms with Gasteiger partial charge >= 0.3 is 0 Å². The summed E-state index contributed by atoms with van der Waals surface area (Å²) in [6.07, 6.45) is 1.78. The molecule has 0 amide bonds. The third-order valence-electron chi connectivity index (χ3n) is 4.23. The SMILES string of the molecule is Cc1cccc(C=NNc2nc(N3CCOCC3)nc3nc(Br)ccc23)c1. The van der Waals surface area contributed by atoms with Gasteiger partial charge in [-0.15, -0.1) is 0 Å². The van der Waals surface area contributed by atoms with Crippen LogP contribution in [0.15, 0.2) is 46.1 Å². The van der Waals surface area contributed by atoms with Gasteiger partial charge in [-0.1, -0.05) is 29.8 Å². The first-order valence-electron chi connectivity index (χ1n) is 8.72. The standard InChI is InChI=1S/C19H19BrN6O/c1-13-3-2-4-14(11-13)12-21-25-18-15-5-6-16(20)22-17(15)23-19(24-18)26-7-9-27-10-8-26/h2-6,11-12H,7-10H2,1H3,(H,22,23,24,25). The number of halogens is 1. The molecule has 1 saturated heterocycles. The monoisotopic (exact) mass is 426 g/mol. The van der Waals surface area contributed by atoms with E-state index >= 15 is 0 Å². The Kier molecular flexibility index (Phi) is 5.26. The molecule has 27 heavy (non-hydrogen) atoms. The molecule has 0 radical (unpaired) electrons. The Labute approximate surface area is 165 Å². The fourth-order valence-corrected chi connectivity index (χ4v) is 3.18. The molecule has 0 unspecified atom stereocenters. The average Bonchev–Trinajstić information content (AvgIpc) is 2.68. The van der Waals surface area contributed by atoms with Crippen molar-refractivity contribution < 1.29 is 4.74 Å². The van der Waals surface area contributed by atoms with Crippen LogP contribution in [0.3, 0.4) is 0 Å². The number of pyridine rings is 1. The Hall–Kier alpha value is -2.58. The summed E-state index contributed by atoms with van der Waals surface area (Å²) < 4.78 is 6.15. The lowest BCUT2D eigenvalue weighted by Gasteiger charge is -2.27. The molecule has 138 valence electrons. The lowest BCUT2D eigenvalue weighted by molar-refractivity contribution is 0.122. The molecule has 1 N–H and O–H groups in total. The largest absolute Gasteiger partial charge is 0.378 e. The summed E-state index contributed by atoms with van der Waals surface area (Å²) in [5.74, 6) is 1.26. The molecule has 0 spiro atoms. The maximum atomic E-state index is 5.42. The van der Waals surface area contributed by atoms with Crippen LogP contribution in [-0.2, 0) is 4.74 Å². The molecule has 1 aromatic carbocycles. The van der Waals surface area contributed by atoms with Gasteiger partial charge in [0.05, 0.1) is 24.8 Å². The van der Waals surface area contributed by atoms with E-state index in [9.17, 15) is 0 Å². The zero-order chi connectivity index (χ0) is 18.6. The van der Waals surface area contributed by atoms with E-state index in [0.717, 1.165) is 28.6 Å². The number of morpholine rings is 1. The Bertz CT molecular complexity index is 987. The van der Waals surface area contributed by atoms with Gasteiger partial charge in [-0.3, -0.25) is 5.43 Å². The summed E-state index contributed by atoms with van der Waals surface area (Å²) in [6, 6.07) is 11.9. The Morgan fingerprint density at radius 3 is 2.81 bits per heavy atom. The lowest BCUT2D eigenvalue weighted by atomic mass is 10.2. The Morgan fingerprint density at radius 2 is 2.00 bits per heavy atom. The van der Waals surface area contributed by atoms with E-state index < -0.39 is 0 Å². The van der Waals surface area contributed by atoms with E-state index in [2.05, 4.69) is 65.4 Å². The number of aromatic nitrogens is 3. The molecule has 1 aliphatic heterocycles. The smallest absolute Gasteiger partial charge is 0.229 e. The van der Waals surface area contributed by atoms with Crippen molar-refractivity contribution in [3.8, 4) is 0 Å². The first kappa shape index (κ1) is 17.8. The van der Waals surface area contributed by atoms with Crippen molar-refractivity contribution in [2.75, 3.05) is 36.6 Å². The van der Waals surface area contributed by atoms with Gasteiger partial charge in [0.25, 0.3) is 0 Å². The number of nitrogens with zero attached hydrogens (tertiary/aromatic N) is 5. The van der Waals surface area contributed by atoms with Crippen LogP contribution < -0.4 is 10.3 Å². The molecule has 3 heterocycles. The predicted octanol–water partition coefficient (Wildman–Crippen LogP) is 3.38. The van der Waals surface area contributed by atoms with Crippen LogP contribution in [0.2, 0.25) is 0 Å². The zero-order valence-corrected chi connectivity index (χ0v) is 16.5. The normalized spacial score (nSPS) is 14.8. The highest BCUT2D eigenvalue weighted by Gasteiger charge is 2.17. The van der Waals surface area contributed by atoms with Crippen molar-refractivity contribution in [2.45, 2.75) is 6.92 Å². The molecule has 7 nitrogen and oxygen atoms in total. The highest BCUT2D eigenvalue weighted by Crippen LogP contribution is 2.24. The summed E-state index contributed by atoms with van der Waals surface area (Å²) in [6.45, 7) is 4.90. The van der Waals surface area contributed by atoms with Gasteiger partial charge in [-0.2, -0.15) is 15.1 Å². The van der Waals surface area contributed by atoms with Crippen LogP contribution in [0.25, 0.3) is 11.0 Å². The molecule has 0 bridgehead atoms. The van der Waals surface area contributed by atoms with Crippen LogP contribution in [0.1, 0.15) is 11.1 Å². The molecule has 0 aliphatic carbocycles. The van der Waals surface area contributed by atoms with Crippen molar-refractivity contribution in [2.24, 2.45) is 5.10 Å². The molecule has 4 rings (SSSR count). The van der Waals surface area contributed by atoms with Gasteiger partial charge in [0.2, 0.25) is 5.95 Å². The highest BCUT2D eigenvalue weighted by molar-refractivity contribution is 9.10. The quantitative estimate of drug-likeness (QED) is 0.391. The van der Waals surface area contributed by atoms with Crippen molar-refractivity contribution in [1.29, 1.82) is 0 Å². The number of ether oxygens (including phenoxy) is 1. The number of hydrogen-bond acceptors (Lipinski definition) is 7. The van der Waals surface area contributed by atoms with Crippen LogP contribution in [0.5, 0.6) is 0 Å². The van der Waals surface area contributed by atoms with Crippen molar-refractivity contribution in [3.63, 3.8) is 0 Å². The molecular weight excluding hydrogens is 408 g/mol. The number of nitrogens with one attached hydrogen (secondary N) is 1. The van der Waals surface area contributed by atoms with Crippen molar-refractivity contribution in [3.05, 3.63) is 52.1 Å². The van der Waals surface area contributed by atoms with Crippen molar-refractivity contribution >= 4 is 44.9 Å². The van der Waals surface area contributed by atoms with E-state index in [1.54, 1.807) is 6.21 Å². The molecule has 0 atom stereocenters. The Morgan fingerprint density at radius 1 is 1.15 bits per heavy atom. The van der Waals surface area contributed by atoms with Crippen LogP contribution in [0, 0.1) is 6.92 Å². The lowest BCUT2D eigenvalue weighted by Crippen LogP contribution is -2.37. The minimum atomic E-state index is 0.620. The highest BCUT2D eigenvalue weighted by atomic mass is 79.9. The fourth-order valence-electron chi connectivity index (χ4n) is 2.88. The van der Waals surface area contributed by atoms with E-state index in [1.807, 2.05) is 24.3 Å². The number of rotatable bonds is 4. The Balaban J connectivity index is 1.67. The summed E-state index contributed by atoms with van der Waals surface area (Å²) in [7, 11) is 0. The van der Waals surface area contributed by atoms with Gasteiger partial charge < -0.3 is 9.64 Å². The van der Waals surface area contributed by atoms with Gasteiger partial charge in [-0.25, -0.2) is 4.98 Å². The zero-order valence-electron chi connectivity index (χ0n) is 14.9. The first-order chi connectivity index (χ1) is 13.2. The second-order valence-electron chi connectivity index (χ2n) is 6.26. The van der Waals surface area contributed by atoms with Gasteiger partial charge in [0.15, 0.2) is 11.5 Å². The summed E-state index contributed by atoms with van der Waals surface area (Å²) in [5.41, 5.74) is 5.89. The molecule has 3 aromatic rings. The van der Waals surface area contributed by atoms with Gasteiger partial charge in [0, 0.05) is 13.1 Å². The summed E-state index contributed by atoms with van der Waals surface area (Å²) >= 11 is 3.41. The number of benzene rings is 1. The maximum Gasteiger partial charge on any atom is 0.229 e. The summed E-state index contributed by atoms with van der Waals surface area (Å²) in [5, 5.41) is 5.18. The van der Waals surface area contributed by atoms with E-state index in [1.165, 1.54) is 5.56 Å².